The van der Waals surface area contributed by atoms with E-state index in [0.717, 1.165) is 109 Å². The van der Waals surface area contributed by atoms with Crippen molar-refractivity contribution in [3.8, 4) is 0 Å². The van der Waals surface area contributed by atoms with Crippen molar-refractivity contribution in [3.05, 3.63) is 122 Å². The maximum absolute atomic E-state index is 12.9. The summed E-state index contributed by atoms with van der Waals surface area (Å²) in [6, 6.07) is 0. The number of quaternary nitrogens is 1. The second-order valence-corrected chi connectivity index (χ2v) is 22.6. The summed E-state index contributed by atoms with van der Waals surface area (Å²) in [5.41, 5.74) is 0. The van der Waals surface area contributed by atoms with Crippen LogP contribution in [-0.2, 0) is 33.3 Å². The number of esters is 2. The van der Waals surface area contributed by atoms with E-state index in [-0.39, 0.29) is 38.6 Å². The molecule has 9 heteroatoms. The Hall–Kier alpha value is -4.31. The third-order valence-corrected chi connectivity index (χ3v) is 13.7. The molecule has 0 radical (unpaired) electrons. The number of carbonyl (C=O) groups excluding carboxylic acids is 3. The van der Waals surface area contributed by atoms with Gasteiger partial charge < -0.3 is 33.3 Å². The average molecular weight is 1130 g/mol. The second-order valence-electron chi connectivity index (χ2n) is 22.6. The molecule has 0 spiro atoms. The van der Waals surface area contributed by atoms with Crippen LogP contribution in [0.5, 0.6) is 0 Å². The van der Waals surface area contributed by atoms with Crippen molar-refractivity contribution < 1.29 is 42.9 Å². The van der Waals surface area contributed by atoms with Gasteiger partial charge in [0.05, 0.1) is 40.3 Å². The number of ether oxygens (including phenoxy) is 4. The van der Waals surface area contributed by atoms with Crippen molar-refractivity contribution in [1.82, 2.24) is 0 Å². The Morgan fingerprint density at radius 3 is 0.988 bits per heavy atom. The Morgan fingerprint density at radius 1 is 0.370 bits per heavy atom. The quantitative estimate of drug-likeness (QED) is 0.0195. The number of unbranched alkanes of at least 4 members (excludes halogenated alkanes) is 24. The van der Waals surface area contributed by atoms with Gasteiger partial charge in [0.15, 0.2) is 12.4 Å². The zero-order valence-electron chi connectivity index (χ0n) is 52.6. The molecule has 0 aromatic heterocycles. The number of allylic oxidation sites excluding steroid dienone is 20. The first kappa shape index (κ1) is 76.7. The summed E-state index contributed by atoms with van der Waals surface area (Å²) in [6.45, 7) is 4.52. The van der Waals surface area contributed by atoms with Crippen LogP contribution in [0.4, 0.5) is 0 Å². The van der Waals surface area contributed by atoms with Crippen molar-refractivity contribution in [3.63, 3.8) is 0 Å². The Labute approximate surface area is 497 Å². The highest BCUT2D eigenvalue weighted by Crippen LogP contribution is 2.16. The zero-order valence-corrected chi connectivity index (χ0v) is 52.6. The van der Waals surface area contributed by atoms with Gasteiger partial charge in [0.2, 0.25) is 0 Å². The molecular formula is C72H121NO8. The number of carboxylic acid groups (broad SMARTS) is 1. The minimum absolute atomic E-state index is 0.141. The second kappa shape index (κ2) is 61.8. The van der Waals surface area contributed by atoms with Gasteiger partial charge in [-0.15, -0.1) is 0 Å². The van der Waals surface area contributed by atoms with Crippen LogP contribution in [0.15, 0.2) is 122 Å². The summed E-state index contributed by atoms with van der Waals surface area (Å²) in [4.78, 5) is 37.4. The van der Waals surface area contributed by atoms with Crippen LogP contribution in [0.2, 0.25) is 0 Å². The molecule has 81 heavy (non-hydrogen) atoms. The van der Waals surface area contributed by atoms with Gasteiger partial charge in [-0.3, -0.25) is 9.59 Å². The molecule has 0 amide bonds. The molecule has 462 valence electrons. The average Bonchev–Trinajstić information content (AvgIpc) is 3.44. The normalized spacial score (nSPS) is 13.5. The summed E-state index contributed by atoms with van der Waals surface area (Å²) in [6.07, 6.45) is 84.0. The van der Waals surface area contributed by atoms with Gasteiger partial charge in [0, 0.05) is 12.8 Å². The molecule has 0 N–H and O–H groups in total. The van der Waals surface area contributed by atoms with E-state index in [2.05, 4.69) is 135 Å². The fraction of sp³-hybridized carbons (Fsp3) is 0.681. The Morgan fingerprint density at radius 2 is 0.667 bits per heavy atom. The van der Waals surface area contributed by atoms with Gasteiger partial charge in [-0.2, -0.15) is 0 Å². The molecule has 0 heterocycles. The van der Waals surface area contributed by atoms with E-state index in [9.17, 15) is 19.5 Å². The number of carboxylic acids is 1. The lowest BCUT2D eigenvalue weighted by Gasteiger charge is -2.26. The molecule has 0 aliphatic heterocycles. The standard InChI is InChI=1S/C72H121NO8/c1-6-8-10-12-14-16-18-20-22-24-26-28-30-32-34-35-37-38-40-42-44-46-48-50-52-54-56-58-60-62-69(74)79-66-68(67-80-72(71(76)77)78-65-64-73(3,4)5)81-70(75)63-61-59-57-55-53-51-49-47-45-43-41-39-36-33-31-29-27-25-23-21-19-17-15-13-11-9-7-2/h8-11,14-17,20-23,26-29,33,36,41,43,68,72H,6-7,12-13,18-19,24-25,30-32,34-35,37-40,42,44-67H2,1-5H3/b10-8-,11-9-,16-14-,17-15-,22-20-,23-21-,28-26-,29-27-,36-33-,43-41-. The van der Waals surface area contributed by atoms with Crippen molar-refractivity contribution in [1.29, 1.82) is 0 Å². The van der Waals surface area contributed by atoms with E-state index in [1.54, 1.807) is 0 Å². The van der Waals surface area contributed by atoms with Crippen molar-refractivity contribution in [2.45, 2.75) is 270 Å². The zero-order chi connectivity index (χ0) is 59.1. The third-order valence-electron chi connectivity index (χ3n) is 13.7. The Balaban J connectivity index is 4.19. The molecule has 2 unspecified atom stereocenters. The van der Waals surface area contributed by atoms with Crippen molar-refractivity contribution in [2.24, 2.45) is 0 Å². The van der Waals surface area contributed by atoms with E-state index in [1.807, 2.05) is 21.1 Å². The van der Waals surface area contributed by atoms with E-state index in [4.69, 9.17) is 18.9 Å². The smallest absolute Gasteiger partial charge is 0.306 e. The van der Waals surface area contributed by atoms with Gasteiger partial charge in [0.1, 0.15) is 13.2 Å². The number of rotatable bonds is 59. The molecule has 2 atom stereocenters. The fourth-order valence-corrected chi connectivity index (χ4v) is 8.77. The number of nitrogens with zero attached hydrogens (tertiary/aromatic N) is 1. The number of hydrogen-bond acceptors (Lipinski definition) is 8. The fourth-order valence-electron chi connectivity index (χ4n) is 8.77. The Bertz CT molecular complexity index is 1740. The summed E-state index contributed by atoms with van der Waals surface area (Å²) in [7, 11) is 5.92. The van der Waals surface area contributed by atoms with Crippen LogP contribution >= 0.6 is 0 Å². The largest absolute Gasteiger partial charge is 0.545 e. The third kappa shape index (κ3) is 63.1. The molecule has 0 bridgehead atoms. The van der Waals surface area contributed by atoms with E-state index in [0.29, 0.717) is 17.4 Å². The maximum atomic E-state index is 12.9. The van der Waals surface area contributed by atoms with Crippen LogP contribution in [0.3, 0.4) is 0 Å². The van der Waals surface area contributed by atoms with Gasteiger partial charge in [-0.1, -0.05) is 264 Å². The van der Waals surface area contributed by atoms with Gasteiger partial charge in [-0.25, -0.2) is 0 Å². The summed E-state index contributed by atoms with van der Waals surface area (Å²) < 4.78 is 22.8. The monoisotopic (exact) mass is 1130 g/mol. The molecule has 0 aromatic carbocycles. The van der Waals surface area contributed by atoms with E-state index < -0.39 is 24.3 Å². The first-order chi connectivity index (χ1) is 39.6. The molecule has 0 aromatic rings. The van der Waals surface area contributed by atoms with E-state index in [1.165, 1.54) is 116 Å². The van der Waals surface area contributed by atoms with Gasteiger partial charge in [-0.05, 0) is 103 Å². The highest BCUT2D eigenvalue weighted by Gasteiger charge is 2.22. The molecule has 0 aliphatic rings. The Kier molecular flexibility index (Phi) is 58.5. The highest BCUT2D eigenvalue weighted by molar-refractivity contribution is 5.70. The number of carbonyl (C=O) groups is 3. The first-order valence-electron chi connectivity index (χ1n) is 32.7. The first-order valence-corrected chi connectivity index (χ1v) is 32.7. The minimum Gasteiger partial charge on any atom is -0.545 e. The molecule has 0 saturated carbocycles. The van der Waals surface area contributed by atoms with Crippen LogP contribution in [0.25, 0.3) is 0 Å². The summed E-state index contributed by atoms with van der Waals surface area (Å²) >= 11 is 0. The highest BCUT2D eigenvalue weighted by atomic mass is 16.7. The van der Waals surface area contributed by atoms with Gasteiger partial charge in [0.25, 0.3) is 0 Å². The molecule has 9 nitrogen and oxygen atoms in total. The molecule has 0 saturated heterocycles. The topological polar surface area (TPSA) is 111 Å². The molecule has 0 rings (SSSR count). The lowest BCUT2D eigenvalue weighted by Crippen LogP contribution is -2.44. The molecule has 0 fully saturated rings. The number of aliphatic carboxylic acids is 1. The van der Waals surface area contributed by atoms with Crippen molar-refractivity contribution in [2.75, 3.05) is 47.5 Å². The van der Waals surface area contributed by atoms with Crippen LogP contribution in [0, 0.1) is 0 Å². The SMILES string of the molecule is CC/C=C\C/C=C\C/C=C\C/C=C\C/C=C\C/C=C\CCCCCCCCCCC(=O)OC(COC(=O)CCCCCCCCCCCCCCCCCC/C=C\C/C=C\C/C=C\C/C=C\CC)COC(OCC[N+](C)(C)C)C(=O)[O-]. The summed E-state index contributed by atoms with van der Waals surface area (Å²) in [5, 5.41) is 11.8. The lowest BCUT2D eigenvalue weighted by atomic mass is 10.0. The lowest BCUT2D eigenvalue weighted by molar-refractivity contribution is -0.870. The van der Waals surface area contributed by atoms with Gasteiger partial charge >= 0.3 is 11.9 Å². The predicted octanol–water partition coefficient (Wildman–Crippen LogP) is 18.7. The number of hydrogen-bond donors (Lipinski definition) is 0. The molecule has 0 aliphatic carbocycles. The van der Waals surface area contributed by atoms with Crippen LogP contribution in [-0.4, -0.2) is 82.3 Å². The van der Waals surface area contributed by atoms with E-state index >= 15 is 0 Å². The van der Waals surface area contributed by atoms with Crippen LogP contribution in [0.1, 0.15) is 258 Å². The maximum Gasteiger partial charge on any atom is 0.306 e. The molecular weight excluding hydrogens is 1010 g/mol. The number of likely N-dealkylation sites (N-methyl/N-ethyl adjacent to an activating group) is 1. The minimum atomic E-state index is -1.63. The van der Waals surface area contributed by atoms with Crippen molar-refractivity contribution >= 4 is 17.9 Å². The summed E-state index contributed by atoms with van der Waals surface area (Å²) in [5.74, 6) is -2.30. The van der Waals surface area contributed by atoms with Crippen LogP contribution < -0.4 is 5.11 Å². The predicted molar refractivity (Wildman–Crippen MR) is 343 cm³/mol.